The number of benzene rings is 1. The van der Waals surface area contributed by atoms with Crippen molar-refractivity contribution in [3.8, 4) is 5.75 Å². The van der Waals surface area contributed by atoms with Gasteiger partial charge in [-0.05, 0) is 22.6 Å². The number of nitrogens with zero attached hydrogens (tertiary/aromatic N) is 2. The zero-order valence-corrected chi connectivity index (χ0v) is 21.6. The second-order valence-corrected chi connectivity index (χ2v) is 9.76. The minimum absolute atomic E-state index is 0. The van der Waals surface area contributed by atoms with Crippen LogP contribution in [0.25, 0.3) is 0 Å². The molecule has 0 radical (unpaired) electrons. The fourth-order valence-electron chi connectivity index (χ4n) is 3.42. The van der Waals surface area contributed by atoms with E-state index in [0.29, 0.717) is 0 Å². The second-order valence-electron chi connectivity index (χ2n) is 8.26. The number of rotatable bonds is 7. The molecule has 28 heavy (non-hydrogen) atoms. The van der Waals surface area contributed by atoms with E-state index in [-0.39, 0.29) is 64.8 Å². The van der Waals surface area contributed by atoms with E-state index >= 15 is 0 Å². The Balaban J connectivity index is 0.00000392. The molecule has 1 unspecified atom stereocenters. The fraction of sp³-hybridized carbons (Fsp3) is 0.684. The van der Waals surface area contributed by atoms with Crippen LogP contribution in [0.3, 0.4) is 0 Å². The van der Waals surface area contributed by atoms with Gasteiger partial charge in [-0.2, -0.15) is 8.42 Å². The van der Waals surface area contributed by atoms with Gasteiger partial charge in [-0.25, -0.2) is 0 Å². The third-order valence-corrected chi connectivity index (χ3v) is 5.62. The van der Waals surface area contributed by atoms with Gasteiger partial charge in [0.05, 0.1) is 13.2 Å². The molecule has 1 aliphatic rings. The SMILES string of the molecule is COc1ccc(CN2CCN(CC(O)CS(=O)(=O)O)CC2)cc1C(C)(C)C.[H-].[K+]. The van der Waals surface area contributed by atoms with Gasteiger partial charge in [0.25, 0.3) is 10.1 Å². The predicted octanol–water partition coefficient (Wildman–Crippen LogP) is -1.52. The third kappa shape index (κ3) is 8.67. The van der Waals surface area contributed by atoms with E-state index < -0.39 is 22.0 Å². The maximum atomic E-state index is 10.8. The Hall–Kier alpha value is 0.446. The Morgan fingerprint density at radius 1 is 1.18 bits per heavy atom. The molecule has 1 fully saturated rings. The van der Waals surface area contributed by atoms with E-state index in [2.05, 4.69) is 37.8 Å². The quantitative estimate of drug-likeness (QED) is 0.393. The molecule has 0 saturated carbocycles. The van der Waals surface area contributed by atoms with Crippen molar-refractivity contribution in [2.75, 3.05) is 45.6 Å². The number of methoxy groups -OCH3 is 1. The van der Waals surface area contributed by atoms with Gasteiger partial charge in [0, 0.05) is 39.3 Å². The minimum Gasteiger partial charge on any atom is -1.00 e. The molecule has 7 nitrogen and oxygen atoms in total. The molecule has 1 aliphatic heterocycles. The molecule has 156 valence electrons. The van der Waals surface area contributed by atoms with Crippen LogP contribution in [-0.4, -0.2) is 79.6 Å². The Labute approximate surface area is 213 Å². The van der Waals surface area contributed by atoms with Gasteiger partial charge in [0.15, 0.2) is 0 Å². The Morgan fingerprint density at radius 2 is 1.75 bits per heavy atom. The van der Waals surface area contributed by atoms with E-state index in [0.717, 1.165) is 38.5 Å². The van der Waals surface area contributed by atoms with Crippen LogP contribution in [0.15, 0.2) is 18.2 Å². The Bertz CT molecular complexity index is 735. The van der Waals surface area contributed by atoms with Crippen molar-refractivity contribution >= 4 is 10.1 Å². The first-order valence-corrected chi connectivity index (χ1v) is 10.8. The van der Waals surface area contributed by atoms with E-state index in [4.69, 9.17) is 9.29 Å². The first-order chi connectivity index (χ1) is 12.5. The van der Waals surface area contributed by atoms with Crippen molar-refractivity contribution < 1.29 is 75.6 Å². The van der Waals surface area contributed by atoms with Crippen molar-refractivity contribution in [2.24, 2.45) is 0 Å². The molecule has 0 aromatic heterocycles. The standard InChI is InChI=1S/C19H32N2O5S.K.H/c1-19(2,3)17-11-15(5-6-18(17)26-4)12-20-7-9-21(10-8-20)13-16(22)14-27(23,24)25;;/h5-6,11,16,22H,7-10,12-14H2,1-4H3,(H,23,24,25);;/q;+1;-1. The predicted molar refractivity (Wildman–Crippen MR) is 107 cm³/mol. The average molecular weight is 441 g/mol. The zero-order chi connectivity index (χ0) is 20.2. The smallest absolute Gasteiger partial charge is 1.00 e. The summed E-state index contributed by atoms with van der Waals surface area (Å²) < 4.78 is 36.0. The van der Waals surface area contributed by atoms with Crippen LogP contribution in [0.1, 0.15) is 33.3 Å². The number of piperazine rings is 1. The van der Waals surface area contributed by atoms with Gasteiger partial charge >= 0.3 is 51.4 Å². The summed E-state index contributed by atoms with van der Waals surface area (Å²) >= 11 is 0. The summed E-state index contributed by atoms with van der Waals surface area (Å²) in [6, 6.07) is 6.33. The fourth-order valence-corrected chi connectivity index (χ4v) is 4.01. The van der Waals surface area contributed by atoms with Crippen molar-refractivity contribution in [1.82, 2.24) is 9.80 Å². The van der Waals surface area contributed by atoms with Crippen LogP contribution in [0.2, 0.25) is 0 Å². The van der Waals surface area contributed by atoms with E-state index in [1.54, 1.807) is 7.11 Å². The number of β-amino-alcohol motifs (C(OH)–C–C–N with tert-alkyl or cyclic N) is 1. The first-order valence-electron chi connectivity index (χ1n) is 9.23. The molecule has 1 saturated heterocycles. The molecule has 1 atom stereocenters. The molecule has 1 aromatic rings. The molecule has 9 heteroatoms. The maximum Gasteiger partial charge on any atom is 1.00 e. The number of ether oxygens (including phenoxy) is 1. The maximum absolute atomic E-state index is 10.8. The van der Waals surface area contributed by atoms with Crippen molar-refractivity contribution in [1.29, 1.82) is 0 Å². The van der Waals surface area contributed by atoms with Crippen LogP contribution in [-0.2, 0) is 22.1 Å². The molecule has 2 rings (SSSR count). The van der Waals surface area contributed by atoms with Gasteiger partial charge in [-0.3, -0.25) is 14.4 Å². The number of hydrogen-bond donors (Lipinski definition) is 2. The van der Waals surface area contributed by atoms with Gasteiger partial charge in [0.1, 0.15) is 11.5 Å². The van der Waals surface area contributed by atoms with Crippen LogP contribution in [0, 0.1) is 0 Å². The summed E-state index contributed by atoms with van der Waals surface area (Å²) in [5, 5.41) is 9.79. The third-order valence-electron chi connectivity index (χ3n) is 4.81. The largest absolute Gasteiger partial charge is 1.00 e. The minimum atomic E-state index is -4.14. The molecule has 2 N–H and O–H groups in total. The molecule has 1 aromatic carbocycles. The molecule has 0 amide bonds. The van der Waals surface area contributed by atoms with Gasteiger partial charge in [0.2, 0.25) is 0 Å². The van der Waals surface area contributed by atoms with Crippen molar-refractivity contribution in [3.63, 3.8) is 0 Å². The molecular weight excluding hydrogens is 407 g/mol. The topological polar surface area (TPSA) is 90.3 Å². The van der Waals surface area contributed by atoms with Gasteiger partial charge in [-0.15, -0.1) is 0 Å². The number of hydrogen-bond acceptors (Lipinski definition) is 6. The normalized spacial score (nSPS) is 17.8. The molecule has 0 bridgehead atoms. The molecule has 1 heterocycles. The first kappa shape index (κ1) is 26.5. The Kier molecular flexibility index (Phi) is 10.6. The summed E-state index contributed by atoms with van der Waals surface area (Å²) in [4.78, 5) is 4.38. The van der Waals surface area contributed by atoms with E-state index in [1.807, 2.05) is 11.0 Å². The van der Waals surface area contributed by atoms with Crippen molar-refractivity contribution in [2.45, 2.75) is 38.8 Å². The second kappa shape index (κ2) is 11.2. The number of aliphatic hydroxyl groups is 1. The zero-order valence-electron chi connectivity index (χ0n) is 18.7. The monoisotopic (exact) mass is 440 g/mol. The molecular formula is C19H33KN2O5S. The molecule has 0 spiro atoms. The summed E-state index contributed by atoms with van der Waals surface area (Å²) in [6.07, 6.45) is -1.07. The average Bonchev–Trinajstić information content (AvgIpc) is 2.54. The Morgan fingerprint density at radius 3 is 2.25 bits per heavy atom. The summed E-state index contributed by atoms with van der Waals surface area (Å²) in [6.45, 7) is 10.8. The molecule has 0 aliphatic carbocycles. The summed E-state index contributed by atoms with van der Waals surface area (Å²) in [5.74, 6) is 0.290. The van der Waals surface area contributed by atoms with Crippen LogP contribution < -0.4 is 56.1 Å². The van der Waals surface area contributed by atoms with Crippen LogP contribution >= 0.6 is 0 Å². The van der Waals surface area contributed by atoms with Gasteiger partial charge in [-0.1, -0.05) is 32.9 Å². The van der Waals surface area contributed by atoms with Crippen LogP contribution in [0.5, 0.6) is 5.75 Å². The van der Waals surface area contributed by atoms with Crippen LogP contribution in [0.4, 0.5) is 0 Å². The number of aliphatic hydroxyl groups excluding tert-OH is 1. The van der Waals surface area contributed by atoms with Gasteiger partial charge < -0.3 is 11.3 Å². The summed E-state index contributed by atoms with van der Waals surface area (Å²) in [5.41, 5.74) is 2.43. The van der Waals surface area contributed by atoms with Crippen molar-refractivity contribution in [3.05, 3.63) is 29.3 Å². The summed E-state index contributed by atoms with van der Waals surface area (Å²) in [7, 11) is -2.45. The van der Waals surface area contributed by atoms with E-state index in [1.165, 1.54) is 11.1 Å². The van der Waals surface area contributed by atoms with E-state index in [9.17, 15) is 13.5 Å².